The summed E-state index contributed by atoms with van der Waals surface area (Å²) in [5.74, 6) is -0.0686. The highest BCUT2D eigenvalue weighted by molar-refractivity contribution is 5.71. The van der Waals surface area contributed by atoms with Gasteiger partial charge in [-0.05, 0) is 25.2 Å². The molecule has 0 fully saturated rings. The van der Waals surface area contributed by atoms with Crippen molar-refractivity contribution in [2.24, 2.45) is 5.92 Å². The van der Waals surface area contributed by atoms with E-state index < -0.39 is 6.10 Å². The number of rotatable bonds is 46. The highest BCUT2D eigenvalue weighted by Gasteiger charge is 2.19. The largest absolute Gasteiger partial charge is 0.462 e. The van der Waals surface area contributed by atoms with Crippen LogP contribution in [0.1, 0.15) is 285 Å². The van der Waals surface area contributed by atoms with E-state index in [-0.39, 0.29) is 31.1 Å². The third kappa shape index (κ3) is 45.3. The van der Waals surface area contributed by atoms with Gasteiger partial charge in [-0.2, -0.15) is 0 Å². The lowest BCUT2D eigenvalue weighted by molar-refractivity contribution is -0.167. The maximum atomic E-state index is 12.8. The molecule has 6 heteroatoms. The van der Waals surface area contributed by atoms with Gasteiger partial charge in [0.25, 0.3) is 0 Å². The second-order valence-corrected chi connectivity index (χ2v) is 17.9. The van der Waals surface area contributed by atoms with Crippen LogP contribution in [0.2, 0.25) is 0 Å². The van der Waals surface area contributed by atoms with E-state index in [0.717, 1.165) is 63.7 Å². The lowest BCUT2D eigenvalue weighted by Crippen LogP contribution is -2.30. The van der Waals surface area contributed by atoms with Gasteiger partial charge in [0.1, 0.15) is 13.2 Å². The number of unbranched alkanes of at least 4 members (excludes halogenated alkanes) is 33. The van der Waals surface area contributed by atoms with Crippen LogP contribution in [0.3, 0.4) is 0 Å². The molecule has 0 rings (SSSR count). The first-order chi connectivity index (χ1) is 27.9. The van der Waals surface area contributed by atoms with Gasteiger partial charge in [0, 0.05) is 19.3 Å². The first-order valence-electron chi connectivity index (χ1n) is 25.4. The Morgan fingerprint density at radius 3 is 0.860 bits per heavy atom. The Balaban J connectivity index is 4.26. The topological polar surface area (TPSA) is 78.9 Å². The molecule has 0 amide bonds. The summed E-state index contributed by atoms with van der Waals surface area (Å²) < 4.78 is 16.8. The Bertz CT molecular complexity index is 857. The molecular weight excluding hydrogens is 709 g/mol. The predicted octanol–water partition coefficient (Wildman–Crippen LogP) is 16.3. The lowest BCUT2D eigenvalue weighted by atomic mass is 10.0. The van der Waals surface area contributed by atoms with Crippen LogP contribution in [0, 0.1) is 5.92 Å². The molecule has 0 heterocycles. The van der Waals surface area contributed by atoms with Gasteiger partial charge >= 0.3 is 17.9 Å². The highest BCUT2D eigenvalue weighted by Crippen LogP contribution is 2.17. The molecule has 0 spiro atoms. The summed E-state index contributed by atoms with van der Waals surface area (Å²) >= 11 is 0. The number of hydrogen-bond acceptors (Lipinski definition) is 6. The van der Waals surface area contributed by atoms with Crippen molar-refractivity contribution in [1.29, 1.82) is 0 Å². The molecule has 0 aliphatic heterocycles. The van der Waals surface area contributed by atoms with Crippen LogP contribution in [0.25, 0.3) is 0 Å². The van der Waals surface area contributed by atoms with Crippen molar-refractivity contribution < 1.29 is 28.6 Å². The van der Waals surface area contributed by atoms with Crippen molar-refractivity contribution in [2.75, 3.05) is 13.2 Å². The second-order valence-electron chi connectivity index (χ2n) is 17.9. The van der Waals surface area contributed by atoms with E-state index in [4.69, 9.17) is 14.2 Å². The van der Waals surface area contributed by atoms with Gasteiger partial charge in [-0.15, -0.1) is 0 Å². The van der Waals surface area contributed by atoms with Gasteiger partial charge in [-0.3, -0.25) is 14.4 Å². The van der Waals surface area contributed by atoms with Crippen LogP contribution >= 0.6 is 0 Å². The monoisotopic (exact) mass is 807 g/mol. The van der Waals surface area contributed by atoms with Gasteiger partial charge in [0.15, 0.2) is 6.10 Å². The SMILES string of the molecule is CCCCCCCCCCCCCCCCCCCCC(=O)O[C@@H](COC(=O)CCCCCCCCCCCCC)COC(=O)CCCCCCCCCC(C)C. The van der Waals surface area contributed by atoms with Gasteiger partial charge in [0.05, 0.1) is 0 Å². The third-order valence-electron chi connectivity index (χ3n) is 11.5. The van der Waals surface area contributed by atoms with Crippen molar-refractivity contribution in [2.45, 2.75) is 291 Å². The first kappa shape index (κ1) is 55.4. The second kappa shape index (κ2) is 45.5. The summed E-state index contributed by atoms with van der Waals surface area (Å²) in [7, 11) is 0. The fourth-order valence-electron chi connectivity index (χ4n) is 7.69. The molecule has 57 heavy (non-hydrogen) atoms. The van der Waals surface area contributed by atoms with E-state index in [1.807, 2.05) is 0 Å². The number of ether oxygens (including phenoxy) is 3. The van der Waals surface area contributed by atoms with Crippen LogP contribution in [-0.4, -0.2) is 37.2 Å². The summed E-state index contributed by atoms with van der Waals surface area (Å²) in [4.78, 5) is 37.8. The Labute approximate surface area is 355 Å². The first-order valence-corrected chi connectivity index (χ1v) is 25.4. The lowest BCUT2D eigenvalue weighted by Gasteiger charge is -2.18. The van der Waals surface area contributed by atoms with E-state index in [1.165, 1.54) is 180 Å². The van der Waals surface area contributed by atoms with Crippen molar-refractivity contribution in [3.05, 3.63) is 0 Å². The maximum Gasteiger partial charge on any atom is 0.306 e. The van der Waals surface area contributed by atoms with Crippen molar-refractivity contribution in [3.63, 3.8) is 0 Å². The molecule has 0 radical (unpaired) electrons. The van der Waals surface area contributed by atoms with Gasteiger partial charge in [-0.1, -0.05) is 246 Å². The quantitative estimate of drug-likeness (QED) is 0.0346. The molecule has 1 atom stereocenters. The summed E-state index contributed by atoms with van der Waals surface area (Å²) in [6.07, 6.45) is 46.7. The minimum absolute atomic E-state index is 0.0637. The van der Waals surface area contributed by atoms with Gasteiger partial charge in [-0.25, -0.2) is 0 Å². The Morgan fingerprint density at radius 2 is 0.579 bits per heavy atom. The molecule has 0 aromatic rings. The normalized spacial score (nSPS) is 11.9. The predicted molar refractivity (Wildman–Crippen MR) is 243 cm³/mol. The fourth-order valence-corrected chi connectivity index (χ4v) is 7.69. The summed E-state index contributed by atoms with van der Waals surface area (Å²) in [5, 5.41) is 0. The zero-order chi connectivity index (χ0) is 41.7. The summed E-state index contributed by atoms with van der Waals surface area (Å²) in [6, 6.07) is 0. The Hall–Kier alpha value is -1.59. The van der Waals surface area contributed by atoms with Crippen molar-refractivity contribution in [1.82, 2.24) is 0 Å². The smallest absolute Gasteiger partial charge is 0.306 e. The molecular formula is C51H98O6. The van der Waals surface area contributed by atoms with Crippen LogP contribution in [0.5, 0.6) is 0 Å². The highest BCUT2D eigenvalue weighted by atomic mass is 16.6. The van der Waals surface area contributed by atoms with Gasteiger partial charge in [0.2, 0.25) is 0 Å². The Kier molecular flexibility index (Phi) is 44.2. The van der Waals surface area contributed by atoms with E-state index in [0.29, 0.717) is 19.3 Å². The molecule has 338 valence electrons. The van der Waals surface area contributed by atoms with Crippen LogP contribution in [-0.2, 0) is 28.6 Å². The van der Waals surface area contributed by atoms with E-state index >= 15 is 0 Å². The number of hydrogen-bond donors (Lipinski definition) is 0. The van der Waals surface area contributed by atoms with Crippen molar-refractivity contribution in [3.8, 4) is 0 Å². The number of carbonyl (C=O) groups is 3. The minimum atomic E-state index is -0.760. The zero-order valence-corrected chi connectivity index (χ0v) is 38.8. The van der Waals surface area contributed by atoms with Crippen LogP contribution in [0.15, 0.2) is 0 Å². The molecule has 6 nitrogen and oxygen atoms in total. The molecule has 0 aromatic carbocycles. The van der Waals surface area contributed by atoms with Crippen LogP contribution < -0.4 is 0 Å². The number of esters is 3. The van der Waals surface area contributed by atoms with E-state index in [2.05, 4.69) is 27.7 Å². The standard InChI is InChI=1S/C51H98O6/c1-5-7-9-11-13-15-17-18-19-20-21-22-23-25-27-31-36-40-44-51(54)57-48(46-56-50(53)43-39-35-32-28-29-33-37-41-47(3)4)45-55-49(52)42-38-34-30-26-24-16-14-12-10-8-6-2/h47-48H,5-46H2,1-4H3/t48-/m0/s1. The third-order valence-corrected chi connectivity index (χ3v) is 11.5. The summed E-state index contributed by atoms with van der Waals surface area (Å²) in [6.45, 7) is 8.97. The molecule has 0 bridgehead atoms. The van der Waals surface area contributed by atoms with Gasteiger partial charge < -0.3 is 14.2 Å². The average Bonchev–Trinajstić information content (AvgIpc) is 3.19. The Morgan fingerprint density at radius 1 is 0.333 bits per heavy atom. The summed E-state index contributed by atoms with van der Waals surface area (Å²) in [5.41, 5.74) is 0. The minimum Gasteiger partial charge on any atom is -0.462 e. The van der Waals surface area contributed by atoms with E-state index in [1.54, 1.807) is 0 Å². The molecule has 0 unspecified atom stereocenters. The van der Waals surface area contributed by atoms with Crippen LogP contribution in [0.4, 0.5) is 0 Å². The average molecular weight is 807 g/mol. The zero-order valence-electron chi connectivity index (χ0n) is 38.8. The molecule has 0 saturated carbocycles. The maximum absolute atomic E-state index is 12.8. The fraction of sp³-hybridized carbons (Fsp3) is 0.941. The molecule has 0 N–H and O–H groups in total. The molecule has 0 saturated heterocycles. The van der Waals surface area contributed by atoms with E-state index in [9.17, 15) is 14.4 Å². The molecule has 0 aliphatic rings. The molecule has 0 aliphatic carbocycles. The number of carbonyl (C=O) groups excluding carboxylic acids is 3. The molecule has 0 aromatic heterocycles. The van der Waals surface area contributed by atoms with Crippen molar-refractivity contribution >= 4 is 17.9 Å².